The maximum absolute atomic E-state index is 13.9. The molecule has 2 aliphatic heterocycles. The van der Waals surface area contributed by atoms with Gasteiger partial charge in [0.25, 0.3) is 11.8 Å². The lowest BCUT2D eigenvalue weighted by atomic mass is 9.75. The van der Waals surface area contributed by atoms with Gasteiger partial charge >= 0.3 is 0 Å². The number of benzene rings is 1. The van der Waals surface area contributed by atoms with E-state index in [1.165, 1.54) is 43.9 Å². The molecule has 0 N–H and O–H groups in total. The summed E-state index contributed by atoms with van der Waals surface area (Å²) >= 11 is 0. The number of hydrogen-bond acceptors (Lipinski definition) is 3. The van der Waals surface area contributed by atoms with Crippen LogP contribution >= 0.6 is 0 Å². The Bertz CT molecular complexity index is 779. The molecule has 1 aromatic carbocycles. The van der Waals surface area contributed by atoms with E-state index < -0.39 is 17.6 Å². The summed E-state index contributed by atoms with van der Waals surface area (Å²) in [6, 6.07) is 4.09. The van der Waals surface area contributed by atoms with Crippen LogP contribution in [0.15, 0.2) is 18.2 Å². The number of rotatable bonds is 4. The highest BCUT2D eigenvalue weighted by molar-refractivity contribution is 6.21. The second-order valence-corrected chi connectivity index (χ2v) is 7.96. The van der Waals surface area contributed by atoms with E-state index in [2.05, 4.69) is 0 Å². The molecule has 2 unspecified atom stereocenters. The Kier molecular flexibility index (Phi) is 4.98. The first-order valence-corrected chi connectivity index (χ1v) is 9.98. The van der Waals surface area contributed by atoms with Crippen molar-refractivity contribution in [3.8, 4) is 0 Å². The fourth-order valence-electron chi connectivity index (χ4n) is 4.87. The number of piperidine rings is 1. The highest BCUT2D eigenvalue weighted by Crippen LogP contribution is 2.36. The molecule has 144 valence electrons. The van der Waals surface area contributed by atoms with E-state index in [0.717, 1.165) is 30.3 Å². The minimum absolute atomic E-state index is 0.0989. The molecule has 3 aliphatic rings. The van der Waals surface area contributed by atoms with Gasteiger partial charge in [0.2, 0.25) is 5.91 Å². The van der Waals surface area contributed by atoms with Gasteiger partial charge in [-0.2, -0.15) is 0 Å². The molecule has 1 aliphatic carbocycles. The molecule has 1 saturated carbocycles. The smallest absolute Gasteiger partial charge is 0.264 e. The molecule has 27 heavy (non-hydrogen) atoms. The predicted molar refractivity (Wildman–Crippen MR) is 97.6 cm³/mol. The molecule has 0 bridgehead atoms. The topological polar surface area (TPSA) is 57.7 Å². The predicted octanol–water partition coefficient (Wildman–Crippen LogP) is 3.24. The van der Waals surface area contributed by atoms with E-state index in [0.29, 0.717) is 18.8 Å². The molecule has 5 nitrogen and oxygen atoms in total. The Morgan fingerprint density at radius 3 is 2.63 bits per heavy atom. The summed E-state index contributed by atoms with van der Waals surface area (Å²) in [7, 11) is 0. The summed E-state index contributed by atoms with van der Waals surface area (Å²) in [6.45, 7) is 1.82. The Morgan fingerprint density at radius 1 is 1.07 bits per heavy atom. The molecule has 0 spiro atoms. The second-order valence-electron chi connectivity index (χ2n) is 7.96. The number of nitrogens with zero attached hydrogens (tertiary/aromatic N) is 2. The van der Waals surface area contributed by atoms with E-state index in [4.69, 9.17) is 0 Å². The van der Waals surface area contributed by atoms with Crippen LogP contribution in [0.5, 0.6) is 0 Å². The number of carbonyl (C=O) groups excluding carboxylic acids is 3. The van der Waals surface area contributed by atoms with Crippen LogP contribution < -0.4 is 0 Å². The van der Waals surface area contributed by atoms with E-state index in [-0.39, 0.29) is 23.6 Å². The molecular formula is C21H25FN2O3. The highest BCUT2D eigenvalue weighted by atomic mass is 19.1. The van der Waals surface area contributed by atoms with Crippen LogP contribution in [0, 0.1) is 17.7 Å². The molecule has 0 aromatic heterocycles. The molecule has 0 radical (unpaired) electrons. The van der Waals surface area contributed by atoms with E-state index in [1.807, 2.05) is 4.90 Å². The van der Waals surface area contributed by atoms with Crippen molar-refractivity contribution in [3.05, 3.63) is 35.1 Å². The lowest BCUT2D eigenvalue weighted by Gasteiger charge is -2.41. The van der Waals surface area contributed by atoms with Gasteiger partial charge in [-0.25, -0.2) is 4.39 Å². The van der Waals surface area contributed by atoms with Crippen LogP contribution in [0.1, 0.15) is 65.7 Å². The monoisotopic (exact) mass is 372 g/mol. The lowest BCUT2D eigenvalue weighted by Crippen LogP contribution is -2.44. The van der Waals surface area contributed by atoms with Crippen molar-refractivity contribution in [1.82, 2.24) is 9.80 Å². The Labute approximate surface area is 158 Å². The fraction of sp³-hybridized carbons (Fsp3) is 0.571. The van der Waals surface area contributed by atoms with Crippen molar-refractivity contribution in [2.24, 2.45) is 11.8 Å². The number of likely N-dealkylation sites (tertiary alicyclic amines) is 1. The van der Waals surface area contributed by atoms with Crippen molar-refractivity contribution in [2.75, 3.05) is 19.6 Å². The molecule has 2 heterocycles. The SMILES string of the molecule is O=C(CCCN1C(=O)c2cccc(F)c2C1=O)N1CCC2CCCCC2C1. The van der Waals surface area contributed by atoms with Crippen LogP contribution in [-0.2, 0) is 4.79 Å². The minimum atomic E-state index is -0.667. The molecule has 2 atom stereocenters. The van der Waals surface area contributed by atoms with Crippen LogP contribution in [-0.4, -0.2) is 47.2 Å². The van der Waals surface area contributed by atoms with Gasteiger partial charge in [0.1, 0.15) is 5.82 Å². The first-order valence-electron chi connectivity index (χ1n) is 9.98. The van der Waals surface area contributed by atoms with Gasteiger partial charge in [0, 0.05) is 26.1 Å². The average Bonchev–Trinajstić information content (AvgIpc) is 2.93. The van der Waals surface area contributed by atoms with Crippen molar-refractivity contribution in [3.63, 3.8) is 0 Å². The number of carbonyl (C=O) groups is 3. The summed E-state index contributed by atoms with van der Waals surface area (Å²) in [6.07, 6.45) is 6.91. The number of hydrogen-bond donors (Lipinski definition) is 0. The standard InChI is InChI=1S/C21H25FN2O3/c22-17-8-3-7-16-19(17)21(27)24(20(16)26)11-4-9-18(25)23-12-10-14-5-1-2-6-15(14)13-23/h3,7-8,14-15H,1-2,4-6,9-13H2. The van der Waals surface area contributed by atoms with Gasteiger partial charge in [0.15, 0.2) is 0 Å². The van der Waals surface area contributed by atoms with Crippen LogP contribution in [0.3, 0.4) is 0 Å². The zero-order valence-corrected chi connectivity index (χ0v) is 15.5. The van der Waals surface area contributed by atoms with Crippen LogP contribution in [0.2, 0.25) is 0 Å². The molecule has 6 heteroatoms. The molecule has 1 aromatic rings. The highest BCUT2D eigenvalue weighted by Gasteiger charge is 2.37. The summed E-state index contributed by atoms with van der Waals surface area (Å²) in [5, 5.41) is 0. The second kappa shape index (κ2) is 7.41. The summed E-state index contributed by atoms with van der Waals surface area (Å²) in [4.78, 5) is 40.2. The van der Waals surface area contributed by atoms with Crippen molar-refractivity contribution < 1.29 is 18.8 Å². The van der Waals surface area contributed by atoms with E-state index >= 15 is 0 Å². The maximum Gasteiger partial charge on any atom is 0.264 e. The third-order valence-electron chi connectivity index (χ3n) is 6.36. The third kappa shape index (κ3) is 3.37. The largest absolute Gasteiger partial charge is 0.342 e. The summed E-state index contributed by atoms with van der Waals surface area (Å²) in [5.74, 6) is -0.221. The minimum Gasteiger partial charge on any atom is -0.342 e. The summed E-state index contributed by atoms with van der Waals surface area (Å²) < 4.78 is 13.9. The van der Waals surface area contributed by atoms with Gasteiger partial charge in [-0.3, -0.25) is 19.3 Å². The lowest BCUT2D eigenvalue weighted by molar-refractivity contribution is -0.134. The van der Waals surface area contributed by atoms with Gasteiger partial charge in [-0.15, -0.1) is 0 Å². The van der Waals surface area contributed by atoms with Gasteiger partial charge in [0.05, 0.1) is 11.1 Å². The number of imide groups is 1. The summed E-state index contributed by atoms with van der Waals surface area (Å²) in [5.41, 5.74) is -0.0288. The van der Waals surface area contributed by atoms with Crippen LogP contribution in [0.25, 0.3) is 0 Å². The molecule has 3 amide bonds. The zero-order chi connectivity index (χ0) is 19.0. The number of halogens is 1. The molecule has 2 fully saturated rings. The van der Waals surface area contributed by atoms with E-state index in [9.17, 15) is 18.8 Å². The molecule has 4 rings (SSSR count). The van der Waals surface area contributed by atoms with Gasteiger partial charge < -0.3 is 4.90 Å². The van der Waals surface area contributed by atoms with Gasteiger partial charge in [-0.05, 0) is 43.2 Å². The molecular weight excluding hydrogens is 347 g/mol. The Balaban J connectivity index is 1.30. The fourth-order valence-corrected chi connectivity index (χ4v) is 4.87. The van der Waals surface area contributed by atoms with Crippen molar-refractivity contribution in [1.29, 1.82) is 0 Å². The van der Waals surface area contributed by atoms with Crippen molar-refractivity contribution in [2.45, 2.75) is 44.9 Å². The third-order valence-corrected chi connectivity index (χ3v) is 6.36. The zero-order valence-electron chi connectivity index (χ0n) is 15.5. The Morgan fingerprint density at radius 2 is 1.85 bits per heavy atom. The van der Waals surface area contributed by atoms with Crippen molar-refractivity contribution >= 4 is 17.7 Å². The van der Waals surface area contributed by atoms with E-state index in [1.54, 1.807) is 0 Å². The quantitative estimate of drug-likeness (QED) is 0.763. The Hall–Kier alpha value is -2.24. The average molecular weight is 372 g/mol. The first-order chi connectivity index (χ1) is 13.1. The van der Waals surface area contributed by atoms with Crippen LogP contribution in [0.4, 0.5) is 4.39 Å². The van der Waals surface area contributed by atoms with Gasteiger partial charge in [-0.1, -0.05) is 25.3 Å². The first kappa shape index (κ1) is 18.1. The number of fused-ring (bicyclic) bond motifs is 2. The maximum atomic E-state index is 13.9. The molecule has 1 saturated heterocycles. The normalized spacial score (nSPS) is 24.8. The number of amides is 3.